The fourth-order valence-electron chi connectivity index (χ4n) is 3.57. The number of rotatable bonds is 5. The minimum Gasteiger partial charge on any atom is -0.399 e. The van der Waals surface area contributed by atoms with Crippen molar-refractivity contribution in [2.45, 2.75) is 37.5 Å². The Labute approximate surface area is 142 Å². The van der Waals surface area contributed by atoms with Crippen LogP contribution in [-0.4, -0.2) is 12.5 Å². The standard InChI is InChI=1S/C20H23FN2O/c21-17-7-5-16(6-8-17)20(12-1-2-13-20)19(24)23-14-11-15-3-9-18(22)10-4-15/h3-10H,1-2,11-14,22H2,(H,23,24). The van der Waals surface area contributed by atoms with Crippen LogP contribution in [0, 0.1) is 5.82 Å². The van der Waals surface area contributed by atoms with E-state index < -0.39 is 5.41 Å². The molecule has 0 bridgehead atoms. The second-order valence-electron chi connectivity index (χ2n) is 6.54. The van der Waals surface area contributed by atoms with Crippen molar-refractivity contribution in [3.05, 3.63) is 65.5 Å². The van der Waals surface area contributed by atoms with Crippen LogP contribution in [0.5, 0.6) is 0 Å². The van der Waals surface area contributed by atoms with Gasteiger partial charge in [0.25, 0.3) is 0 Å². The highest BCUT2D eigenvalue weighted by Crippen LogP contribution is 2.41. The van der Waals surface area contributed by atoms with Crippen molar-refractivity contribution in [3.63, 3.8) is 0 Å². The number of carbonyl (C=O) groups is 1. The normalized spacial score (nSPS) is 16.0. The molecule has 0 aliphatic heterocycles. The molecular formula is C20H23FN2O. The van der Waals surface area contributed by atoms with Crippen LogP contribution in [0.4, 0.5) is 10.1 Å². The molecule has 0 spiro atoms. The predicted octanol–water partition coefficient (Wildman–Crippen LogP) is 3.58. The van der Waals surface area contributed by atoms with Gasteiger partial charge in [-0.15, -0.1) is 0 Å². The van der Waals surface area contributed by atoms with Crippen molar-refractivity contribution < 1.29 is 9.18 Å². The molecule has 0 radical (unpaired) electrons. The predicted molar refractivity (Wildman–Crippen MR) is 94.1 cm³/mol. The van der Waals surface area contributed by atoms with Gasteiger partial charge in [0.1, 0.15) is 5.82 Å². The highest BCUT2D eigenvalue weighted by Gasteiger charge is 2.42. The zero-order valence-corrected chi connectivity index (χ0v) is 13.7. The molecule has 0 atom stereocenters. The fourth-order valence-corrected chi connectivity index (χ4v) is 3.57. The van der Waals surface area contributed by atoms with Crippen LogP contribution in [0.25, 0.3) is 0 Å². The van der Waals surface area contributed by atoms with Crippen molar-refractivity contribution >= 4 is 11.6 Å². The van der Waals surface area contributed by atoms with E-state index in [0.29, 0.717) is 6.54 Å². The first kappa shape index (κ1) is 16.5. The molecule has 24 heavy (non-hydrogen) atoms. The molecular weight excluding hydrogens is 303 g/mol. The number of amides is 1. The van der Waals surface area contributed by atoms with Gasteiger partial charge < -0.3 is 11.1 Å². The SMILES string of the molecule is Nc1ccc(CCNC(=O)C2(c3ccc(F)cc3)CCCC2)cc1. The molecule has 0 aromatic heterocycles. The van der Waals surface area contributed by atoms with E-state index in [1.807, 2.05) is 24.3 Å². The third-order valence-electron chi connectivity index (χ3n) is 4.97. The molecule has 1 aliphatic rings. The molecule has 3 N–H and O–H groups in total. The first-order valence-electron chi connectivity index (χ1n) is 8.49. The topological polar surface area (TPSA) is 55.1 Å². The third-order valence-corrected chi connectivity index (χ3v) is 4.97. The number of anilines is 1. The Morgan fingerprint density at radius 3 is 2.29 bits per heavy atom. The van der Waals surface area contributed by atoms with E-state index in [-0.39, 0.29) is 11.7 Å². The van der Waals surface area contributed by atoms with Crippen LogP contribution in [0.2, 0.25) is 0 Å². The largest absolute Gasteiger partial charge is 0.399 e. The van der Waals surface area contributed by atoms with Gasteiger partial charge >= 0.3 is 0 Å². The lowest BCUT2D eigenvalue weighted by Crippen LogP contribution is -2.43. The molecule has 0 heterocycles. The molecule has 4 heteroatoms. The second kappa shape index (κ2) is 7.04. The number of nitrogen functional groups attached to an aromatic ring is 1. The Kier molecular flexibility index (Phi) is 4.84. The summed E-state index contributed by atoms with van der Waals surface area (Å²) in [5.74, 6) is -0.210. The van der Waals surface area contributed by atoms with E-state index in [2.05, 4.69) is 5.32 Å². The van der Waals surface area contributed by atoms with E-state index in [4.69, 9.17) is 5.73 Å². The zero-order valence-electron chi connectivity index (χ0n) is 13.7. The van der Waals surface area contributed by atoms with Crippen LogP contribution in [0.15, 0.2) is 48.5 Å². The van der Waals surface area contributed by atoms with E-state index in [0.717, 1.165) is 48.9 Å². The van der Waals surface area contributed by atoms with E-state index >= 15 is 0 Å². The molecule has 2 aromatic carbocycles. The average molecular weight is 326 g/mol. The lowest BCUT2D eigenvalue weighted by molar-refractivity contribution is -0.126. The Morgan fingerprint density at radius 2 is 1.67 bits per heavy atom. The molecule has 3 nitrogen and oxygen atoms in total. The fraction of sp³-hybridized carbons (Fsp3) is 0.350. The molecule has 0 saturated heterocycles. The summed E-state index contributed by atoms with van der Waals surface area (Å²) in [5.41, 5.74) is 7.98. The molecule has 1 fully saturated rings. The summed E-state index contributed by atoms with van der Waals surface area (Å²) in [7, 11) is 0. The lowest BCUT2D eigenvalue weighted by atomic mass is 9.78. The molecule has 1 saturated carbocycles. The van der Waals surface area contributed by atoms with Gasteiger partial charge in [0.15, 0.2) is 0 Å². The summed E-state index contributed by atoms with van der Waals surface area (Å²) in [6, 6.07) is 14.1. The number of nitrogens with one attached hydrogen (secondary N) is 1. The minimum absolute atomic E-state index is 0.0575. The quantitative estimate of drug-likeness (QED) is 0.825. The maximum atomic E-state index is 13.2. The van der Waals surface area contributed by atoms with Crippen LogP contribution in [-0.2, 0) is 16.6 Å². The van der Waals surface area contributed by atoms with E-state index in [1.54, 1.807) is 12.1 Å². The lowest BCUT2D eigenvalue weighted by Gasteiger charge is -2.28. The zero-order chi connectivity index (χ0) is 17.0. The monoisotopic (exact) mass is 326 g/mol. The number of hydrogen-bond donors (Lipinski definition) is 2. The van der Waals surface area contributed by atoms with Crippen molar-refractivity contribution in [1.29, 1.82) is 0 Å². The van der Waals surface area contributed by atoms with Crippen molar-refractivity contribution in [2.24, 2.45) is 0 Å². The molecule has 0 unspecified atom stereocenters. The van der Waals surface area contributed by atoms with Crippen molar-refractivity contribution in [2.75, 3.05) is 12.3 Å². The molecule has 3 rings (SSSR count). The summed E-state index contributed by atoms with van der Waals surface area (Å²) >= 11 is 0. The minimum atomic E-state index is -0.505. The highest BCUT2D eigenvalue weighted by atomic mass is 19.1. The highest BCUT2D eigenvalue weighted by molar-refractivity contribution is 5.88. The maximum absolute atomic E-state index is 13.2. The number of nitrogens with two attached hydrogens (primary N) is 1. The first-order valence-corrected chi connectivity index (χ1v) is 8.49. The van der Waals surface area contributed by atoms with Gasteiger partial charge in [-0.3, -0.25) is 4.79 Å². The van der Waals surface area contributed by atoms with Gasteiger partial charge in [-0.2, -0.15) is 0 Å². The summed E-state index contributed by atoms with van der Waals surface area (Å²) in [6.45, 7) is 0.589. The van der Waals surface area contributed by atoms with Gasteiger partial charge in [0.2, 0.25) is 5.91 Å². The smallest absolute Gasteiger partial charge is 0.230 e. The number of carbonyl (C=O) groups excluding carboxylic acids is 1. The second-order valence-corrected chi connectivity index (χ2v) is 6.54. The third kappa shape index (κ3) is 3.42. The van der Waals surface area contributed by atoms with Gasteiger partial charge in [-0.25, -0.2) is 4.39 Å². The molecule has 1 amide bonds. The molecule has 1 aliphatic carbocycles. The van der Waals surface area contributed by atoms with Crippen LogP contribution in [0.3, 0.4) is 0 Å². The first-order chi connectivity index (χ1) is 11.6. The number of hydrogen-bond acceptors (Lipinski definition) is 2. The van der Waals surface area contributed by atoms with Crippen molar-refractivity contribution in [3.8, 4) is 0 Å². The van der Waals surface area contributed by atoms with Gasteiger partial charge in [0, 0.05) is 12.2 Å². The Morgan fingerprint density at radius 1 is 1.04 bits per heavy atom. The van der Waals surface area contributed by atoms with Gasteiger partial charge in [0.05, 0.1) is 5.41 Å². The molecule has 2 aromatic rings. The van der Waals surface area contributed by atoms with Gasteiger partial charge in [-0.1, -0.05) is 37.1 Å². The summed E-state index contributed by atoms with van der Waals surface area (Å²) in [5, 5.41) is 3.08. The summed E-state index contributed by atoms with van der Waals surface area (Å²) in [4.78, 5) is 12.9. The number of benzene rings is 2. The van der Waals surface area contributed by atoms with Crippen LogP contribution < -0.4 is 11.1 Å². The number of halogens is 1. The Balaban J connectivity index is 1.66. The maximum Gasteiger partial charge on any atom is 0.230 e. The molecule has 126 valence electrons. The van der Waals surface area contributed by atoms with Crippen LogP contribution >= 0.6 is 0 Å². The Bertz CT molecular complexity index is 689. The van der Waals surface area contributed by atoms with Gasteiger partial charge in [-0.05, 0) is 54.7 Å². The van der Waals surface area contributed by atoms with Crippen molar-refractivity contribution in [1.82, 2.24) is 5.32 Å². The Hall–Kier alpha value is -2.36. The average Bonchev–Trinajstić information content (AvgIpc) is 3.08. The van der Waals surface area contributed by atoms with Crippen LogP contribution in [0.1, 0.15) is 36.8 Å². The summed E-state index contributed by atoms with van der Waals surface area (Å²) < 4.78 is 13.2. The van der Waals surface area contributed by atoms with E-state index in [1.165, 1.54) is 12.1 Å². The van der Waals surface area contributed by atoms with E-state index in [9.17, 15) is 9.18 Å². The summed E-state index contributed by atoms with van der Waals surface area (Å²) in [6.07, 6.45) is 4.48.